The van der Waals surface area contributed by atoms with Gasteiger partial charge in [0.25, 0.3) is 5.91 Å². The molecule has 0 heterocycles. The largest absolute Gasteiger partial charge is 0.494 e. The number of rotatable bonds is 9. The van der Waals surface area contributed by atoms with Gasteiger partial charge in [-0.25, -0.2) is 4.39 Å². The molecular formula is C23H28F2N2O4. The number of benzene rings is 2. The number of carbonyl (C=O) groups excluding carboxylic acids is 2. The summed E-state index contributed by atoms with van der Waals surface area (Å²) in [4.78, 5) is 24.8. The third-order valence-electron chi connectivity index (χ3n) is 4.86. The molecule has 2 amide bonds. The fourth-order valence-corrected chi connectivity index (χ4v) is 3.18. The standard InChI is InChI=1S/C23H28F2N2O4/c1-5-7-10-31-19-9-8-17(16(6-2)14(19)3)23(29)27-26-21(28)13-15-11-18(24)22(25)20(12-15)30-4/h8-9,11-12H,5-7,10,13H2,1-4H3,(H,26,28)(H,27,29). The van der Waals surface area contributed by atoms with Crippen molar-refractivity contribution < 1.29 is 27.8 Å². The number of amides is 2. The number of hydrogen-bond donors (Lipinski definition) is 2. The second kappa shape index (κ2) is 11.3. The Kier molecular flexibility index (Phi) is 8.78. The Balaban J connectivity index is 2.04. The van der Waals surface area contributed by atoms with E-state index < -0.39 is 23.4 Å². The minimum absolute atomic E-state index is 0.209. The number of ether oxygens (including phenoxy) is 2. The molecule has 2 aromatic carbocycles. The first-order chi connectivity index (χ1) is 14.8. The maximum Gasteiger partial charge on any atom is 0.269 e. The van der Waals surface area contributed by atoms with Crippen LogP contribution in [0.1, 0.15) is 53.7 Å². The van der Waals surface area contributed by atoms with Crippen molar-refractivity contribution in [2.75, 3.05) is 13.7 Å². The van der Waals surface area contributed by atoms with Crippen molar-refractivity contribution in [2.24, 2.45) is 0 Å². The van der Waals surface area contributed by atoms with Gasteiger partial charge in [0.15, 0.2) is 11.6 Å². The minimum atomic E-state index is -1.12. The van der Waals surface area contributed by atoms with Crippen LogP contribution in [0.5, 0.6) is 11.5 Å². The third-order valence-corrected chi connectivity index (χ3v) is 4.86. The van der Waals surface area contributed by atoms with E-state index in [1.54, 1.807) is 12.1 Å². The Labute approximate surface area is 180 Å². The van der Waals surface area contributed by atoms with Crippen LogP contribution < -0.4 is 20.3 Å². The zero-order valence-corrected chi connectivity index (χ0v) is 18.2. The van der Waals surface area contributed by atoms with Gasteiger partial charge < -0.3 is 9.47 Å². The van der Waals surface area contributed by atoms with Crippen LogP contribution in [-0.2, 0) is 17.6 Å². The van der Waals surface area contributed by atoms with Crippen LogP contribution in [0, 0.1) is 18.6 Å². The maximum absolute atomic E-state index is 13.6. The van der Waals surface area contributed by atoms with Crippen molar-refractivity contribution >= 4 is 11.8 Å². The maximum atomic E-state index is 13.6. The van der Waals surface area contributed by atoms with E-state index in [1.807, 2.05) is 13.8 Å². The van der Waals surface area contributed by atoms with E-state index in [9.17, 15) is 18.4 Å². The molecule has 0 atom stereocenters. The highest BCUT2D eigenvalue weighted by Crippen LogP contribution is 2.26. The number of hydrazine groups is 1. The quantitative estimate of drug-likeness (QED) is 0.462. The predicted octanol–water partition coefficient (Wildman–Crippen LogP) is 4.03. The van der Waals surface area contributed by atoms with Crippen molar-refractivity contribution in [1.29, 1.82) is 0 Å². The molecule has 0 aliphatic heterocycles. The normalized spacial score (nSPS) is 10.5. The van der Waals surface area contributed by atoms with Crippen molar-refractivity contribution in [3.63, 3.8) is 0 Å². The molecular weight excluding hydrogens is 406 g/mol. The lowest BCUT2D eigenvalue weighted by Gasteiger charge is -2.16. The highest BCUT2D eigenvalue weighted by molar-refractivity contribution is 5.97. The molecule has 0 fully saturated rings. The smallest absolute Gasteiger partial charge is 0.269 e. The van der Waals surface area contributed by atoms with Crippen LogP contribution in [-0.4, -0.2) is 25.5 Å². The lowest BCUT2D eigenvalue weighted by Crippen LogP contribution is -2.42. The van der Waals surface area contributed by atoms with Crippen LogP contribution >= 0.6 is 0 Å². The van der Waals surface area contributed by atoms with Gasteiger partial charge in [-0.1, -0.05) is 20.3 Å². The van der Waals surface area contributed by atoms with Crippen LogP contribution in [0.2, 0.25) is 0 Å². The molecule has 6 nitrogen and oxygen atoms in total. The van der Waals surface area contributed by atoms with Gasteiger partial charge in [-0.15, -0.1) is 0 Å². The average molecular weight is 434 g/mol. The topological polar surface area (TPSA) is 76.7 Å². The summed E-state index contributed by atoms with van der Waals surface area (Å²) in [6.45, 7) is 6.52. The van der Waals surface area contributed by atoms with Crippen LogP contribution in [0.25, 0.3) is 0 Å². The first-order valence-corrected chi connectivity index (χ1v) is 10.2. The number of methoxy groups -OCH3 is 1. The van der Waals surface area contributed by atoms with E-state index in [1.165, 1.54) is 13.2 Å². The summed E-state index contributed by atoms with van der Waals surface area (Å²) >= 11 is 0. The molecule has 0 bridgehead atoms. The van der Waals surface area contributed by atoms with Crippen LogP contribution in [0.4, 0.5) is 8.78 Å². The highest BCUT2D eigenvalue weighted by Gasteiger charge is 2.17. The summed E-state index contributed by atoms with van der Waals surface area (Å²) < 4.78 is 37.7. The number of carbonyl (C=O) groups is 2. The molecule has 31 heavy (non-hydrogen) atoms. The molecule has 0 saturated heterocycles. The highest BCUT2D eigenvalue weighted by atomic mass is 19.2. The average Bonchev–Trinajstić information content (AvgIpc) is 2.75. The lowest BCUT2D eigenvalue weighted by molar-refractivity contribution is -0.121. The van der Waals surface area contributed by atoms with E-state index in [0.717, 1.165) is 35.8 Å². The number of hydrogen-bond acceptors (Lipinski definition) is 4. The summed E-state index contributed by atoms with van der Waals surface area (Å²) in [5, 5.41) is 0. The minimum Gasteiger partial charge on any atom is -0.494 e. The molecule has 8 heteroatoms. The second-order valence-electron chi connectivity index (χ2n) is 7.04. The fraction of sp³-hybridized carbons (Fsp3) is 0.391. The molecule has 0 spiro atoms. The van der Waals surface area contributed by atoms with Gasteiger partial charge in [0.2, 0.25) is 11.7 Å². The fourth-order valence-electron chi connectivity index (χ4n) is 3.18. The zero-order valence-electron chi connectivity index (χ0n) is 18.2. The number of halogens is 2. The summed E-state index contributed by atoms with van der Waals surface area (Å²) in [6.07, 6.45) is 2.32. The summed E-state index contributed by atoms with van der Waals surface area (Å²) in [7, 11) is 1.20. The monoisotopic (exact) mass is 434 g/mol. The number of unbranched alkanes of at least 4 members (excludes halogenated alkanes) is 1. The molecule has 0 aliphatic rings. The van der Waals surface area contributed by atoms with E-state index in [4.69, 9.17) is 9.47 Å². The van der Waals surface area contributed by atoms with Gasteiger partial charge in [0.05, 0.1) is 20.1 Å². The van der Waals surface area contributed by atoms with Gasteiger partial charge in [-0.2, -0.15) is 4.39 Å². The molecule has 2 aromatic rings. The Hall–Kier alpha value is -3.16. The van der Waals surface area contributed by atoms with Crippen molar-refractivity contribution in [1.82, 2.24) is 10.9 Å². The Morgan fingerprint density at radius 1 is 1.06 bits per heavy atom. The van der Waals surface area contributed by atoms with Gasteiger partial charge >= 0.3 is 0 Å². The van der Waals surface area contributed by atoms with Crippen LogP contribution in [0.15, 0.2) is 24.3 Å². The van der Waals surface area contributed by atoms with Crippen molar-refractivity contribution in [2.45, 2.75) is 46.5 Å². The Morgan fingerprint density at radius 2 is 1.81 bits per heavy atom. The first kappa shape index (κ1) is 24.1. The van der Waals surface area contributed by atoms with E-state index in [0.29, 0.717) is 18.6 Å². The Bertz CT molecular complexity index is 948. The molecule has 0 saturated carbocycles. The molecule has 168 valence electrons. The molecule has 0 aromatic heterocycles. The van der Waals surface area contributed by atoms with E-state index in [-0.39, 0.29) is 17.7 Å². The summed E-state index contributed by atoms with van der Waals surface area (Å²) in [6, 6.07) is 5.55. The molecule has 0 radical (unpaired) electrons. The van der Waals surface area contributed by atoms with Gasteiger partial charge in [-0.05, 0) is 60.7 Å². The van der Waals surface area contributed by atoms with E-state index >= 15 is 0 Å². The SMILES string of the molecule is CCCCOc1ccc(C(=O)NNC(=O)Cc2cc(F)c(F)c(OC)c2)c(CC)c1C. The summed E-state index contributed by atoms with van der Waals surface area (Å²) in [5.41, 5.74) is 7.01. The predicted molar refractivity (Wildman–Crippen MR) is 113 cm³/mol. The first-order valence-electron chi connectivity index (χ1n) is 10.2. The second-order valence-corrected chi connectivity index (χ2v) is 7.04. The van der Waals surface area contributed by atoms with Gasteiger partial charge in [-0.3, -0.25) is 20.4 Å². The molecule has 0 aliphatic carbocycles. The lowest BCUT2D eigenvalue weighted by atomic mass is 9.98. The Morgan fingerprint density at radius 3 is 2.45 bits per heavy atom. The van der Waals surface area contributed by atoms with Gasteiger partial charge in [0.1, 0.15) is 5.75 Å². The zero-order chi connectivity index (χ0) is 23.0. The molecule has 0 unspecified atom stereocenters. The number of nitrogens with one attached hydrogen (secondary N) is 2. The molecule has 2 rings (SSSR count). The van der Waals surface area contributed by atoms with E-state index in [2.05, 4.69) is 17.8 Å². The van der Waals surface area contributed by atoms with Crippen molar-refractivity contribution in [3.05, 3.63) is 58.2 Å². The van der Waals surface area contributed by atoms with Crippen molar-refractivity contribution in [3.8, 4) is 11.5 Å². The molecule has 2 N–H and O–H groups in total. The summed E-state index contributed by atoms with van der Waals surface area (Å²) in [5.74, 6) is -2.86. The third kappa shape index (κ3) is 6.16. The van der Waals surface area contributed by atoms with Crippen LogP contribution in [0.3, 0.4) is 0 Å². The van der Waals surface area contributed by atoms with Gasteiger partial charge in [0, 0.05) is 5.56 Å².